The van der Waals surface area contributed by atoms with Crippen molar-refractivity contribution >= 4 is 11.3 Å². The smallest absolute Gasteiger partial charge is 0.168 e. The number of hydrogen-bond donors (Lipinski definition) is 1. The molecule has 0 unspecified atom stereocenters. The molecule has 0 fully saturated rings. The first-order valence-corrected chi connectivity index (χ1v) is 5.25. The molecule has 74 valence electrons. The lowest BCUT2D eigenvalue weighted by atomic mass is 10.4. The average Bonchev–Trinajstić information content (AvgIpc) is 2.74. The molecule has 2 aromatic rings. The van der Waals surface area contributed by atoms with Crippen LogP contribution in [0.25, 0.3) is 10.8 Å². The molecule has 2 N–H and O–H groups in total. The van der Waals surface area contributed by atoms with Gasteiger partial charge in [-0.15, -0.1) is 11.3 Å². The minimum absolute atomic E-state index is 0.669. The maximum Gasteiger partial charge on any atom is 0.168 e. The molecule has 0 bridgehead atoms. The van der Waals surface area contributed by atoms with Gasteiger partial charge in [-0.3, -0.25) is 0 Å². The Bertz CT molecular complexity index is 418. The lowest BCUT2D eigenvalue weighted by Crippen LogP contribution is -2.00. The Balaban J connectivity index is 2.29. The summed E-state index contributed by atoms with van der Waals surface area (Å²) in [6.07, 6.45) is 6.46. The first-order valence-electron chi connectivity index (χ1n) is 4.43. The van der Waals surface area contributed by atoms with Crippen LogP contribution in [-0.4, -0.2) is 21.1 Å². The fourth-order valence-electron chi connectivity index (χ4n) is 1.24. The first-order chi connectivity index (χ1) is 6.81. The van der Waals surface area contributed by atoms with Crippen LogP contribution in [0.1, 0.15) is 4.88 Å². The Morgan fingerprint density at radius 1 is 1.50 bits per heavy atom. The molecule has 0 radical (unpaired) electrons. The van der Waals surface area contributed by atoms with Gasteiger partial charge in [-0.05, 0) is 13.0 Å². The van der Waals surface area contributed by atoms with Crippen LogP contribution in [0.5, 0.6) is 0 Å². The predicted molar refractivity (Wildman–Crippen MR) is 57.1 cm³/mol. The van der Waals surface area contributed by atoms with E-state index in [-0.39, 0.29) is 0 Å². The lowest BCUT2D eigenvalue weighted by Gasteiger charge is -1.94. The van der Waals surface area contributed by atoms with Crippen molar-refractivity contribution in [2.24, 2.45) is 12.8 Å². The molecule has 0 spiro atoms. The van der Waals surface area contributed by atoms with E-state index in [4.69, 9.17) is 5.73 Å². The highest BCUT2D eigenvalue weighted by Crippen LogP contribution is 2.23. The molecule has 0 aliphatic rings. The van der Waals surface area contributed by atoms with E-state index in [2.05, 4.69) is 9.97 Å². The summed E-state index contributed by atoms with van der Waals surface area (Å²) in [6, 6.07) is 0. The van der Waals surface area contributed by atoms with Gasteiger partial charge in [-0.1, -0.05) is 0 Å². The highest BCUT2D eigenvalue weighted by atomic mass is 32.1. The van der Waals surface area contributed by atoms with Gasteiger partial charge in [0.25, 0.3) is 0 Å². The Morgan fingerprint density at radius 2 is 2.36 bits per heavy atom. The predicted octanol–water partition coefficient (Wildman–Crippen LogP) is 1.04. The summed E-state index contributed by atoms with van der Waals surface area (Å²) >= 11 is 1.65. The Hall–Kier alpha value is -1.20. The van der Waals surface area contributed by atoms with Crippen LogP contribution in [0, 0.1) is 0 Å². The van der Waals surface area contributed by atoms with Gasteiger partial charge < -0.3 is 10.3 Å². The van der Waals surface area contributed by atoms with Gasteiger partial charge in [0.2, 0.25) is 0 Å². The van der Waals surface area contributed by atoms with Crippen LogP contribution in [0.4, 0.5) is 0 Å². The zero-order valence-corrected chi connectivity index (χ0v) is 8.79. The topological polar surface area (TPSA) is 56.7 Å². The molecule has 0 saturated carbocycles. The molecule has 0 aliphatic carbocycles. The summed E-state index contributed by atoms with van der Waals surface area (Å²) in [6.45, 7) is 0.669. The zero-order valence-electron chi connectivity index (χ0n) is 7.97. The van der Waals surface area contributed by atoms with Crippen molar-refractivity contribution in [3.05, 3.63) is 23.5 Å². The normalized spacial score (nSPS) is 10.7. The van der Waals surface area contributed by atoms with Gasteiger partial charge in [0.05, 0.1) is 0 Å². The van der Waals surface area contributed by atoms with Crippen molar-refractivity contribution in [2.75, 3.05) is 6.54 Å². The summed E-state index contributed by atoms with van der Waals surface area (Å²) in [4.78, 5) is 9.77. The Kier molecular flexibility index (Phi) is 2.60. The number of nitrogens with two attached hydrogens (primary N) is 1. The summed E-state index contributed by atoms with van der Waals surface area (Å²) in [7, 11) is 1.96. The van der Waals surface area contributed by atoms with Crippen molar-refractivity contribution in [2.45, 2.75) is 6.42 Å². The fraction of sp³-hybridized carbons (Fsp3) is 0.333. The van der Waals surface area contributed by atoms with Crippen LogP contribution in [0.3, 0.4) is 0 Å². The molecule has 0 aromatic carbocycles. The minimum atomic E-state index is 0.669. The summed E-state index contributed by atoms with van der Waals surface area (Å²) in [5.74, 6) is 0.915. The van der Waals surface area contributed by atoms with E-state index in [1.165, 1.54) is 4.88 Å². The summed E-state index contributed by atoms with van der Waals surface area (Å²) in [5, 5.41) is 0.959. The van der Waals surface area contributed by atoms with Crippen LogP contribution >= 0.6 is 11.3 Å². The van der Waals surface area contributed by atoms with Gasteiger partial charge in [-0.2, -0.15) is 0 Å². The SMILES string of the molecule is Cn1ccnc1-c1ncc(CCN)s1. The van der Waals surface area contributed by atoms with Crippen molar-refractivity contribution in [1.82, 2.24) is 14.5 Å². The summed E-state index contributed by atoms with van der Waals surface area (Å²) < 4.78 is 1.96. The molecule has 2 heterocycles. The minimum Gasteiger partial charge on any atom is -0.332 e. The van der Waals surface area contributed by atoms with E-state index in [9.17, 15) is 0 Å². The highest BCUT2D eigenvalue weighted by molar-refractivity contribution is 7.14. The first kappa shape index (κ1) is 9.36. The van der Waals surface area contributed by atoms with Gasteiger partial charge in [0.1, 0.15) is 0 Å². The van der Waals surface area contributed by atoms with E-state index in [0.29, 0.717) is 6.54 Å². The number of rotatable bonds is 3. The monoisotopic (exact) mass is 208 g/mol. The number of aromatic nitrogens is 3. The quantitative estimate of drug-likeness (QED) is 0.820. The molecule has 2 rings (SSSR count). The van der Waals surface area contributed by atoms with Gasteiger partial charge in [0.15, 0.2) is 10.8 Å². The number of thiazole rings is 1. The van der Waals surface area contributed by atoms with E-state index in [1.54, 1.807) is 17.5 Å². The second-order valence-corrected chi connectivity index (χ2v) is 4.15. The maximum atomic E-state index is 5.48. The molecule has 14 heavy (non-hydrogen) atoms. The lowest BCUT2D eigenvalue weighted by molar-refractivity contribution is 0.922. The Morgan fingerprint density at radius 3 is 3.00 bits per heavy atom. The van der Waals surface area contributed by atoms with E-state index in [0.717, 1.165) is 17.3 Å². The van der Waals surface area contributed by atoms with E-state index < -0.39 is 0 Å². The fourth-order valence-corrected chi connectivity index (χ4v) is 2.21. The second-order valence-electron chi connectivity index (χ2n) is 3.03. The highest BCUT2D eigenvalue weighted by Gasteiger charge is 2.07. The van der Waals surface area contributed by atoms with Crippen LogP contribution in [0.2, 0.25) is 0 Å². The average molecular weight is 208 g/mol. The van der Waals surface area contributed by atoms with Crippen LogP contribution in [-0.2, 0) is 13.5 Å². The largest absolute Gasteiger partial charge is 0.332 e. The standard InChI is InChI=1S/C9H12N4S/c1-13-5-4-11-8(13)9-12-6-7(14-9)2-3-10/h4-6H,2-3,10H2,1H3. The molecule has 4 nitrogen and oxygen atoms in total. The van der Waals surface area contributed by atoms with Crippen LogP contribution in [0.15, 0.2) is 18.6 Å². The molecule has 0 aliphatic heterocycles. The van der Waals surface area contributed by atoms with Gasteiger partial charge in [0, 0.05) is 30.5 Å². The Labute approximate surface area is 86.4 Å². The molecular formula is C9H12N4S. The molecule has 0 saturated heterocycles. The third kappa shape index (κ3) is 1.69. The number of nitrogens with zero attached hydrogens (tertiary/aromatic N) is 3. The number of aryl methyl sites for hydroxylation is 1. The van der Waals surface area contributed by atoms with E-state index in [1.807, 2.05) is 24.0 Å². The number of hydrogen-bond acceptors (Lipinski definition) is 4. The van der Waals surface area contributed by atoms with Crippen molar-refractivity contribution < 1.29 is 0 Å². The van der Waals surface area contributed by atoms with Crippen molar-refractivity contribution in [3.63, 3.8) is 0 Å². The third-order valence-corrected chi connectivity index (χ3v) is 3.01. The van der Waals surface area contributed by atoms with Crippen molar-refractivity contribution in [1.29, 1.82) is 0 Å². The van der Waals surface area contributed by atoms with Gasteiger partial charge >= 0.3 is 0 Å². The summed E-state index contributed by atoms with van der Waals surface area (Å²) in [5.41, 5.74) is 5.48. The molecule has 2 aromatic heterocycles. The molecule has 5 heteroatoms. The second kappa shape index (κ2) is 3.89. The van der Waals surface area contributed by atoms with E-state index >= 15 is 0 Å². The third-order valence-electron chi connectivity index (χ3n) is 1.96. The molecular weight excluding hydrogens is 196 g/mol. The molecule has 0 atom stereocenters. The molecule has 0 amide bonds. The maximum absolute atomic E-state index is 5.48. The van der Waals surface area contributed by atoms with Crippen LogP contribution < -0.4 is 5.73 Å². The number of imidazole rings is 1. The van der Waals surface area contributed by atoms with Crippen molar-refractivity contribution in [3.8, 4) is 10.8 Å². The van der Waals surface area contributed by atoms with Gasteiger partial charge in [-0.25, -0.2) is 9.97 Å². The zero-order chi connectivity index (χ0) is 9.97.